The maximum absolute atomic E-state index is 13.1. The molecule has 0 bridgehead atoms. The molecule has 136 valence electrons. The van der Waals surface area contributed by atoms with Crippen molar-refractivity contribution < 1.29 is 19.4 Å². The number of carbonyl (C=O) groups excluding carboxylic acids is 2. The first-order chi connectivity index (χ1) is 12.6. The van der Waals surface area contributed by atoms with Crippen LogP contribution in [-0.2, 0) is 22.4 Å². The van der Waals surface area contributed by atoms with Crippen LogP contribution in [0.25, 0.3) is 0 Å². The number of ether oxygens (including phenoxy) is 1. The maximum atomic E-state index is 13.1. The Balaban J connectivity index is 1.78. The molecule has 0 saturated carbocycles. The molecule has 0 radical (unpaired) electrons. The fourth-order valence-corrected chi connectivity index (χ4v) is 3.28. The molecule has 3 atom stereocenters. The molecule has 26 heavy (non-hydrogen) atoms. The van der Waals surface area contributed by atoms with Gasteiger partial charge in [-0.2, -0.15) is 0 Å². The number of amides is 2. The summed E-state index contributed by atoms with van der Waals surface area (Å²) in [6.45, 7) is 1.76. The monoisotopic (exact) mass is 353 g/mol. The molecule has 1 fully saturated rings. The van der Waals surface area contributed by atoms with Crippen LogP contribution < -0.4 is 0 Å². The van der Waals surface area contributed by atoms with Gasteiger partial charge in [0.25, 0.3) is 0 Å². The van der Waals surface area contributed by atoms with Crippen molar-refractivity contribution in [3.8, 4) is 0 Å². The highest BCUT2D eigenvalue weighted by Gasteiger charge is 2.41. The second kappa shape index (κ2) is 8.15. The number of hydrogen-bond donors (Lipinski definition) is 1. The minimum absolute atomic E-state index is 0.178. The first kappa shape index (κ1) is 18.1. The number of aliphatic hydroxyl groups is 1. The Kier molecular flexibility index (Phi) is 5.68. The maximum Gasteiger partial charge on any atom is 0.416 e. The van der Waals surface area contributed by atoms with Gasteiger partial charge in [0, 0.05) is 0 Å². The van der Waals surface area contributed by atoms with Crippen LogP contribution in [0.2, 0.25) is 0 Å². The van der Waals surface area contributed by atoms with Crippen molar-refractivity contribution in [3.63, 3.8) is 0 Å². The molecule has 0 unspecified atom stereocenters. The van der Waals surface area contributed by atoms with E-state index in [-0.39, 0.29) is 18.6 Å². The van der Waals surface area contributed by atoms with Crippen molar-refractivity contribution in [3.05, 3.63) is 71.8 Å². The van der Waals surface area contributed by atoms with Gasteiger partial charge >= 0.3 is 6.09 Å². The van der Waals surface area contributed by atoms with E-state index in [2.05, 4.69) is 0 Å². The predicted octanol–water partition coefficient (Wildman–Crippen LogP) is 2.82. The Morgan fingerprint density at radius 2 is 1.69 bits per heavy atom. The fourth-order valence-electron chi connectivity index (χ4n) is 3.28. The van der Waals surface area contributed by atoms with Gasteiger partial charge < -0.3 is 9.84 Å². The van der Waals surface area contributed by atoms with Gasteiger partial charge in [0.2, 0.25) is 5.91 Å². The average molecular weight is 353 g/mol. The van der Waals surface area contributed by atoms with E-state index in [0.717, 1.165) is 11.1 Å². The summed E-state index contributed by atoms with van der Waals surface area (Å²) in [5.41, 5.74) is 1.98. The first-order valence-corrected chi connectivity index (χ1v) is 8.82. The Morgan fingerprint density at radius 3 is 2.27 bits per heavy atom. The van der Waals surface area contributed by atoms with E-state index in [1.807, 2.05) is 60.7 Å². The molecule has 5 heteroatoms. The largest absolute Gasteiger partial charge is 0.447 e. The van der Waals surface area contributed by atoms with E-state index < -0.39 is 18.1 Å². The minimum Gasteiger partial charge on any atom is -0.447 e. The van der Waals surface area contributed by atoms with Crippen molar-refractivity contribution in [2.45, 2.75) is 31.9 Å². The molecule has 1 saturated heterocycles. The highest BCUT2D eigenvalue weighted by atomic mass is 16.6. The summed E-state index contributed by atoms with van der Waals surface area (Å²) in [5.74, 6) is -1.08. The average Bonchev–Trinajstić information content (AvgIpc) is 3.01. The van der Waals surface area contributed by atoms with Gasteiger partial charge in [-0.1, -0.05) is 60.7 Å². The third-order valence-electron chi connectivity index (χ3n) is 4.71. The fraction of sp³-hybridized carbons (Fsp3) is 0.333. The van der Waals surface area contributed by atoms with Gasteiger partial charge in [0.1, 0.15) is 6.61 Å². The van der Waals surface area contributed by atoms with Gasteiger partial charge in [-0.3, -0.25) is 4.79 Å². The van der Waals surface area contributed by atoms with Crippen molar-refractivity contribution in [2.75, 3.05) is 6.61 Å². The molecule has 0 aliphatic carbocycles. The standard InChI is InChI=1S/C21H23NO4/c1-15(23)19(13-17-10-6-3-7-11-17)20(24)22-18(14-26-21(22)25)12-16-8-4-2-5-9-16/h2-11,15,18-19,23H,12-14H2,1H3/t15-,18+,19+/m1/s1. The highest BCUT2D eigenvalue weighted by molar-refractivity contribution is 5.95. The molecule has 0 spiro atoms. The molecule has 5 nitrogen and oxygen atoms in total. The van der Waals surface area contributed by atoms with Crippen molar-refractivity contribution >= 4 is 12.0 Å². The molecule has 1 aliphatic heterocycles. The van der Waals surface area contributed by atoms with Crippen LogP contribution in [0.4, 0.5) is 4.79 Å². The summed E-state index contributed by atoms with van der Waals surface area (Å²) in [6.07, 6.45) is -0.585. The number of carbonyl (C=O) groups is 2. The normalized spacial score (nSPS) is 19.1. The molecular weight excluding hydrogens is 330 g/mol. The van der Waals surface area contributed by atoms with Crippen molar-refractivity contribution in [2.24, 2.45) is 5.92 Å². The number of rotatable bonds is 6. The molecule has 3 rings (SSSR count). The van der Waals surface area contributed by atoms with E-state index in [9.17, 15) is 14.7 Å². The zero-order valence-electron chi connectivity index (χ0n) is 14.7. The first-order valence-electron chi connectivity index (χ1n) is 8.82. The SMILES string of the molecule is C[C@@H](O)[C@H](Cc1ccccc1)C(=O)N1C(=O)OC[C@@H]1Cc1ccccc1. The highest BCUT2D eigenvalue weighted by Crippen LogP contribution is 2.23. The molecule has 2 aromatic rings. The molecule has 1 N–H and O–H groups in total. The molecule has 1 heterocycles. The lowest BCUT2D eigenvalue weighted by Gasteiger charge is -2.26. The van der Waals surface area contributed by atoms with Crippen molar-refractivity contribution in [1.82, 2.24) is 4.90 Å². The lowest BCUT2D eigenvalue weighted by atomic mass is 9.92. The topological polar surface area (TPSA) is 66.8 Å². The summed E-state index contributed by atoms with van der Waals surface area (Å²) in [7, 11) is 0. The second-order valence-electron chi connectivity index (χ2n) is 6.67. The summed E-state index contributed by atoms with van der Waals surface area (Å²) in [5, 5.41) is 10.2. The third-order valence-corrected chi connectivity index (χ3v) is 4.71. The molecule has 2 aromatic carbocycles. The Hall–Kier alpha value is -2.66. The number of aliphatic hydroxyl groups excluding tert-OH is 1. The van der Waals surface area contributed by atoms with Gasteiger partial charge in [-0.15, -0.1) is 0 Å². The summed E-state index contributed by atoms with van der Waals surface area (Å²) < 4.78 is 5.14. The van der Waals surface area contributed by atoms with Crippen LogP contribution >= 0.6 is 0 Å². The lowest BCUT2D eigenvalue weighted by molar-refractivity contribution is -0.136. The summed E-state index contributed by atoms with van der Waals surface area (Å²) in [4.78, 5) is 26.5. The summed E-state index contributed by atoms with van der Waals surface area (Å²) in [6, 6.07) is 18.8. The second-order valence-corrected chi connectivity index (χ2v) is 6.67. The Morgan fingerprint density at radius 1 is 1.12 bits per heavy atom. The van der Waals surface area contributed by atoms with Crippen molar-refractivity contribution in [1.29, 1.82) is 0 Å². The predicted molar refractivity (Wildman–Crippen MR) is 97.4 cm³/mol. The molecule has 1 aliphatic rings. The summed E-state index contributed by atoms with van der Waals surface area (Å²) >= 11 is 0. The van der Waals surface area contributed by atoms with Crippen LogP contribution in [0.5, 0.6) is 0 Å². The number of benzene rings is 2. The minimum atomic E-state index is -0.867. The number of cyclic esters (lactones) is 1. The van der Waals surface area contributed by atoms with Crippen LogP contribution in [0.3, 0.4) is 0 Å². The number of imide groups is 1. The third kappa shape index (κ3) is 4.11. The number of nitrogens with zero attached hydrogens (tertiary/aromatic N) is 1. The van der Waals surface area contributed by atoms with E-state index in [0.29, 0.717) is 12.8 Å². The van der Waals surface area contributed by atoms with Crippen LogP contribution in [-0.4, -0.2) is 40.8 Å². The zero-order chi connectivity index (χ0) is 18.5. The van der Waals surface area contributed by atoms with E-state index in [1.165, 1.54) is 4.90 Å². The van der Waals surface area contributed by atoms with Gasteiger partial charge in [-0.05, 0) is 30.9 Å². The van der Waals surface area contributed by atoms with E-state index in [1.54, 1.807) is 6.92 Å². The molecular formula is C21H23NO4. The van der Waals surface area contributed by atoms with E-state index in [4.69, 9.17) is 4.74 Å². The molecule has 2 amide bonds. The van der Waals surface area contributed by atoms with Gasteiger partial charge in [0.15, 0.2) is 0 Å². The van der Waals surface area contributed by atoms with Crippen LogP contribution in [0.1, 0.15) is 18.1 Å². The van der Waals surface area contributed by atoms with Gasteiger partial charge in [-0.25, -0.2) is 9.69 Å². The van der Waals surface area contributed by atoms with E-state index >= 15 is 0 Å². The van der Waals surface area contributed by atoms with Gasteiger partial charge in [0.05, 0.1) is 18.1 Å². The Bertz CT molecular complexity index is 745. The zero-order valence-corrected chi connectivity index (χ0v) is 14.7. The van der Waals surface area contributed by atoms with Crippen LogP contribution in [0.15, 0.2) is 60.7 Å². The number of hydrogen-bond acceptors (Lipinski definition) is 4. The smallest absolute Gasteiger partial charge is 0.416 e. The lowest BCUT2D eigenvalue weighted by Crippen LogP contribution is -2.46. The Labute approximate surface area is 153 Å². The quantitative estimate of drug-likeness (QED) is 0.867. The molecule has 0 aromatic heterocycles. The van der Waals surface area contributed by atoms with Crippen LogP contribution in [0, 0.1) is 5.92 Å².